The SMILES string of the molecule is COc1ccc(OC(C)C(=O)NCc2csc(-c3ccncc3)n2)cc1. The Morgan fingerprint density at radius 3 is 2.54 bits per heavy atom. The first kappa shape index (κ1) is 17.9. The zero-order chi connectivity index (χ0) is 18.4. The molecule has 1 atom stereocenters. The number of benzene rings is 1. The quantitative estimate of drug-likeness (QED) is 0.692. The minimum Gasteiger partial charge on any atom is -0.497 e. The Bertz CT molecular complexity index is 850. The highest BCUT2D eigenvalue weighted by molar-refractivity contribution is 7.13. The summed E-state index contributed by atoms with van der Waals surface area (Å²) in [6.45, 7) is 2.07. The van der Waals surface area contributed by atoms with Gasteiger partial charge < -0.3 is 14.8 Å². The zero-order valence-electron chi connectivity index (χ0n) is 14.5. The van der Waals surface area contributed by atoms with Gasteiger partial charge in [0.1, 0.15) is 16.5 Å². The highest BCUT2D eigenvalue weighted by Gasteiger charge is 2.15. The van der Waals surface area contributed by atoms with Gasteiger partial charge >= 0.3 is 0 Å². The van der Waals surface area contributed by atoms with E-state index in [1.807, 2.05) is 17.5 Å². The van der Waals surface area contributed by atoms with Crippen molar-refractivity contribution in [2.45, 2.75) is 19.6 Å². The number of thiazole rings is 1. The van der Waals surface area contributed by atoms with Crippen LogP contribution in [0.3, 0.4) is 0 Å². The normalized spacial score (nSPS) is 11.6. The molecule has 0 aliphatic heterocycles. The Kier molecular flexibility index (Phi) is 5.80. The maximum absolute atomic E-state index is 12.2. The van der Waals surface area contributed by atoms with Crippen LogP contribution in [0.1, 0.15) is 12.6 Å². The second-order valence-electron chi connectivity index (χ2n) is 5.53. The molecule has 0 fully saturated rings. The van der Waals surface area contributed by atoms with Crippen molar-refractivity contribution >= 4 is 17.2 Å². The smallest absolute Gasteiger partial charge is 0.261 e. The van der Waals surface area contributed by atoms with Crippen molar-refractivity contribution in [2.24, 2.45) is 0 Å². The predicted molar refractivity (Wildman–Crippen MR) is 100 cm³/mol. The Morgan fingerprint density at radius 2 is 1.85 bits per heavy atom. The number of hydrogen-bond donors (Lipinski definition) is 1. The van der Waals surface area contributed by atoms with E-state index in [-0.39, 0.29) is 5.91 Å². The van der Waals surface area contributed by atoms with E-state index in [0.29, 0.717) is 12.3 Å². The molecule has 0 aliphatic carbocycles. The molecule has 26 heavy (non-hydrogen) atoms. The molecule has 1 aromatic carbocycles. The van der Waals surface area contributed by atoms with Crippen molar-refractivity contribution in [2.75, 3.05) is 7.11 Å². The average molecular weight is 369 g/mol. The number of pyridine rings is 1. The molecular formula is C19H19N3O3S. The second-order valence-corrected chi connectivity index (χ2v) is 6.39. The lowest BCUT2D eigenvalue weighted by Gasteiger charge is -2.14. The van der Waals surface area contributed by atoms with Crippen molar-refractivity contribution in [1.82, 2.24) is 15.3 Å². The van der Waals surface area contributed by atoms with Crippen molar-refractivity contribution in [3.63, 3.8) is 0 Å². The zero-order valence-corrected chi connectivity index (χ0v) is 15.3. The largest absolute Gasteiger partial charge is 0.497 e. The van der Waals surface area contributed by atoms with Crippen LogP contribution in [0.2, 0.25) is 0 Å². The van der Waals surface area contributed by atoms with Gasteiger partial charge in [-0.2, -0.15) is 0 Å². The van der Waals surface area contributed by atoms with Gasteiger partial charge in [-0.3, -0.25) is 9.78 Å². The van der Waals surface area contributed by atoms with Crippen molar-refractivity contribution < 1.29 is 14.3 Å². The molecule has 0 spiro atoms. The van der Waals surface area contributed by atoms with Gasteiger partial charge in [0, 0.05) is 23.3 Å². The molecule has 0 saturated heterocycles. The van der Waals surface area contributed by atoms with Crippen LogP contribution in [0.15, 0.2) is 54.2 Å². The summed E-state index contributed by atoms with van der Waals surface area (Å²) in [5.74, 6) is 1.16. The van der Waals surface area contributed by atoms with Gasteiger partial charge in [-0.1, -0.05) is 0 Å². The van der Waals surface area contributed by atoms with Crippen LogP contribution < -0.4 is 14.8 Å². The number of carbonyl (C=O) groups excluding carboxylic acids is 1. The monoisotopic (exact) mass is 369 g/mol. The highest BCUT2D eigenvalue weighted by Crippen LogP contribution is 2.23. The Morgan fingerprint density at radius 1 is 1.15 bits per heavy atom. The summed E-state index contributed by atoms with van der Waals surface area (Å²) in [5.41, 5.74) is 1.82. The number of methoxy groups -OCH3 is 1. The van der Waals surface area contributed by atoms with Gasteiger partial charge in [-0.25, -0.2) is 4.98 Å². The molecule has 0 saturated carbocycles. The van der Waals surface area contributed by atoms with Crippen LogP contribution in [0.5, 0.6) is 11.5 Å². The van der Waals surface area contributed by atoms with Gasteiger partial charge in [-0.05, 0) is 43.3 Å². The first-order chi connectivity index (χ1) is 12.7. The van der Waals surface area contributed by atoms with E-state index in [4.69, 9.17) is 9.47 Å². The highest BCUT2D eigenvalue weighted by atomic mass is 32.1. The fourth-order valence-corrected chi connectivity index (χ4v) is 3.07. The number of nitrogens with zero attached hydrogens (tertiary/aromatic N) is 2. The standard InChI is InChI=1S/C19H19N3O3S/c1-13(25-17-5-3-16(24-2)4-6-17)18(23)21-11-15-12-26-19(22-15)14-7-9-20-10-8-14/h3-10,12-13H,11H2,1-2H3,(H,21,23). The predicted octanol–water partition coefficient (Wildman–Crippen LogP) is 3.30. The van der Waals surface area contributed by atoms with E-state index in [2.05, 4.69) is 15.3 Å². The van der Waals surface area contributed by atoms with Crippen LogP contribution in [-0.2, 0) is 11.3 Å². The van der Waals surface area contributed by atoms with Gasteiger partial charge in [-0.15, -0.1) is 11.3 Å². The fraction of sp³-hybridized carbons (Fsp3) is 0.211. The summed E-state index contributed by atoms with van der Waals surface area (Å²) < 4.78 is 10.7. The summed E-state index contributed by atoms with van der Waals surface area (Å²) in [7, 11) is 1.60. The van der Waals surface area contributed by atoms with Gasteiger partial charge in [0.2, 0.25) is 0 Å². The molecule has 1 unspecified atom stereocenters. The number of amides is 1. The lowest BCUT2D eigenvalue weighted by molar-refractivity contribution is -0.127. The van der Waals surface area contributed by atoms with Gasteiger partial charge in [0.15, 0.2) is 6.10 Å². The maximum atomic E-state index is 12.2. The van der Waals surface area contributed by atoms with Gasteiger partial charge in [0.05, 0.1) is 19.3 Å². The molecule has 134 valence electrons. The number of rotatable bonds is 7. The summed E-state index contributed by atoms with van der Waals surface area (Å²) >= 11 is 1.54. The topological polar surface area (TPSA) is 73.3 Å². The molecule has 2 heterocycles. The van der Waals surface area contributed by atoms with Crippen LogP contribution in [0.25, 0.3) is 10.6 Å². The number of nitrogens with one attached hydrogen (secondary N) is 1. The summed E-state index contributed by atoms with van der Waals surface area (Å²) in [4.78, 5) is 20.8. The van der Waals surface area contributed by atoms with E-state index in [0.717, 1.165) is 22.0 Å². The van der Waals surface area contributed by atoms with Crippen LogP contribution in [-0.4, -0.2) is 29.1 Å². The Balaban J connectivity index is 1.52. The number of carbonyl (C=O) groups is 1. The van der Waals surface area contributed by atoms with Crippen molar-refractivity contribution in [3.8, 4) is 22.1 Å². The molecule has 0 bridgehead atoms. The van der Waals surface area contributed by atoms with Crippen LogP contribution in [0.4, 0.5) is 0 Å². The average Bonchev–Trinajstić information content (AvgIpc) is 3.16. The minimum atomic E-state index is -0.610. The molecule has 6 nitrogen and oxygen atoms in total. The molecule has 0 aliphatic rings. The van der Waals surface area contributed by atoms with E-state index in [1.165, 1.54) is 11.3 Å². The number of hydrogen-bond acceptors (Lipinski definition) is 6. The van der Waals surface area contributed by atoms with Gasteiger partial charge in [0.25, 0.3) is 5.91 Å². The van der Waals surface area contributed by atoms with Crippen LogP contribution in [0, 0.1) is 0 Å². The third kappa shape index (κ3) is 4.58. The summed E-state index contributed by atoms with van der Waals surface area (Å²) in [6, 6.07) is 10.9. The lowest BCUT2D eigenvalue weighted by Crippen LogP contribution is -2.35. The Labute approximate surface area is 155 Å². The molecule has 7 heteroatoms. The molecule has 3 aromatic rings. The van der Waals surface area contributed by atoms with Crippen LogP contribution >= 0.6 is 11.3 Å². The van der Waals surface area contributed by atoms with E-state index >= 15 is 0 Å². The third-order valence-corrected chi connectivity index (χ3v) is 4.60. The van der Waals surface area contributed by atoms with E-state index < -0.39 is 6.10 Å². The fourth-order valence-electron chi connectivity index (χ4n) is 2.25. The van der Waals surface area contributed by atoms with Crippen molar-refractivity contribution in [1.29, 1.82) is 0 Å². The molecule has 3 rings (SSSR count). The summed E-state index contributed by atoms with van der Waals surface area (Å²) in [6.07, 6.45) is 2.86. The maximum Gasteiger partial charge on any atom is 0.261 e. The second kappa shape index (κ2) is 8.44. The number of aromatic nitrogens is 2. The lowest BCUT2D eigenvalue weighted by atomic mass is 10.3. The minimum absolute atomic E-state index is 0.195. The Hall–Kier alpha value is -2.93. The molecule has 0 radical (unpaired) electrons. The number of ether oxygens (including phenoxy) is 2. The van der Waals surface area contributed by atoms with Crippen molar-refractivity contribution in [3.05, 3.63) is 59.9 Å². The molecular weight excluding hydrogens is 350 g/mol. The molecule has 1 N–H and O–H groups in total. The molecule has 1 amide bonds. The van der Waals surface area contributed by atoms with E-state index in [9.17, 15) is 4.79 Å². The summed E-state index contributed by atoms with van der Waals surface area (Å²) in [5, 5.41) is 5.69. The first-order valence-corrected chi connectivity index (χ1v) is 8.97. The third-order valence-electron chi connectivity index (χ3n) is 3.66. The van der Waals surface area contributed by atoms with E-state index in [1.54, 1.807) is 50.7 Å². The molecule has 2 aromatic heterocycles. The first-order valence-electron chi connectivity index (χ1n) is 8.09.